The van der Waals surface area contributed by atoms with Crippen molar-refractivity contribution in [3.05, 3.63) is 71.3 Å². The zero-order valence-electron chi connectivity index (χ0n) is 21.9. The predicted octanol–water partition coefficient (Wildman–Crippen LogP) is 6.14. The van der Waals surface area contributed by atoms with Gasteiger partial charge in [0, 0.05) is 20.1 Å². The van der Waals surface area contributed by atoms with Gasteiger partial charge in [-0.15, -0.1) is 0 Å². The quantitative estimate of drug-likeness (QED) is 0.334. The van der Waals surface area contributed by atoms with E-state index < -0.39 is 17.3 Å². The minimum Gasteiger partial charge on any atom is -0.488 e. The first-order valence-electron chi connectivity index (χ1n) is 12.9. The maximum absolute atomic E-state index is 13.9. The fourth-order valence-electron chi connectivity index (χ4n) is 4.18. The molecule has 0 saturated carbocycles. The second-order valence-electron chi connectivity index (χ2n) is 9.25. The predicted molar refractivity (Wildman–Crippen MR) is 138 cm³/mol. The van der Waals surface area contributed by atoms with Crippen molar-refractivity contribution in [1.82, 2.24) is 5.32 Å². The number of hydrogen-bond acceptors (Lipinski definition) is 5. The first-order chi connectivity index (χ1) is 18.2. The molecule has 1 aliphatic rings. The van der Waals surface area contributed by atoms with Crippen LogP contribution in [0.3, 0.4) is 0 Å². The van der Waals surface area contributed by atoms with E-state index in [2.05, 4.69) is 5.32 Å². The van der Waals surface area contributed by atoms with E-state index in [1.165, 1.54) is 13.0 Å². The van der Waals surface area contributed by atoms with E-state index in [4.69, 9.17) is 18.9 Å². The van der Waals surface area contributed by atoms with Gasteiger partial charge in [0.1, 0.15) is 12.4 Å². The number of halogens is 3. The van der Waals surface area contributed by atoms with Crippen molar-refractivity contribution in [1.29, 1.82) is 0 Å². The minimum atomic E-state index is -4.61. The third-order valence-corrected chi connectivity index (χ3v) is 6.12. The summed E-state index contributed by atoms with van der Waals surface area (Å²) in [5.74, 6) is -0.536. The Labute approximate surface area is 222 Å². The smallest absolute Gasteiger partial charge is 0.419 e. The Morgan fingerprint density at radius 3 is 2.61 bits per heavy atom. The van der Waals surface area contributed by atoms with Crippen LogP contribution in [0.4, 0.5) is 13.2 Å². The maximum atomic E-state index is 13.9. The molecule has 38 heavy (non-hydrogen) atoms. The summed E-state index contributed by atoms with van der Waals surface area (Å²) in [6, 6.07) is 12.9. The topological polar surface area (TPSA) is 66.0 Å². The molecule has 2 aromatic carbocycles. The Bertz CT molecular complexity index is 1040. The van der Waals surface area contributed by atoms with Crippen LogP contribution in [0.15, 0.2) is 54.6 Å². The standard InChI is InChI=1S/C29H36F3NO5/c1-3-35-21-28(33-22(2)34,16-18-37-27-11-7-8-17-36-27)15-14-23-12-13-26(25(19-23)29(30,31)32)38-20-24-9-5-4-6-10-24/h4-6,9-10,12-15,19,27H,3,7-8,11,16-18,20-21H2,1-2H3,(H,33,34). The Morgan fingerprint density at radius 2 is 1.95 bits per heavy atom. The van der Waals surface area contributed by atoms with Crippen LogP contribution in [0, 0.1) is 0 Å². The lowest BCUT2D eigenvalue weighted by atomic mass is 9.94. The van der Waals surface area contributed by atoms with Gasteiger partial charge < -0.3 is 24.3 Å². The Kier molecular flexibility index (Phi) is 11.2. The molecule has 3 rings (SSSR count). The van der Waals surface area contributed by atoms with E-state index in [0.717, 1.165) is 30.9 Å². The first-order valence-corrected chi connectivity index (χ1v) is 12.9. The summed E-state index contributed by atoms with van der Waals surface area (Å²) in [4.78, 5) is 12.1. The fourth-order valence-corrected chi connectivity index (χ4v) is 4.18. The number of ether oxygens (including phenoxy) is 4. The summed E-state index contributed by atoms with van der Waals surface area (Å²) >= 11 is 0. The highest BCUT2D eigenvalue weighted by Crippen LogP contribution is 2.37. The maximum Gasteiger partial charge on any atom is 0.419 e. The van der Waals surface area contributed by atoms with Crippen LogP contribution in [-0.2, 0) is 31.8 Å². The zero-order valence-corrected chi connectivity index (χ0v) is 21.9. The van der Waals surface area contributed by atoms with E-state index in [-0.39, 0.29) is 37.8 Å². The fraction of sp³-hybridized carbons (Fsp3) is 0.483. The van der Waals surface area contributed by atoms with Crippen LogP contribution in [0.25, 0.3) is 6.08 Å². The second-order valence-corrected chi connectivity index (χ2v) is 9.25. The normalized spacial score (nSPS) is 17.8. The Hall–Kier alpha value is -2.88. The van der Waals surface area contributed by atoms with Crippen LogP contribution >= 0.6 is 0 Å². The molecule has 1 fully saturated rings. The number of benzene rings is 2. The Morgan fingerprint density at radius 1 is 1.16 bits per heavy atom. The molecule has 1 N–H and O–H groups in total. The van der Waals surface area contributed by atoms with Crippen LogP contribution in [0.1, 0.15) is 56.2 Å². The average molecular weight is 536 g/mol. The highest BCUT2D eigenvalue weighted by atomic mass is 19.4. The molecule has 0 spiro atoms. The zero-order chi connectivity index (χ0) is 27.4. The number of rotatable bonds is 13. The third-order valence-electron chi connectivity index (χ3n) is 6.12. The molecule has 9 heteroatoms. The van der Waals surface area contributed by atoms with Crippen LogP contribution in [0.2, 0.25) is 0 Å². The van der Waals surface area contributed by atoms with Crippen LogP contribution < -0.4 is 10.1 Å². The molecule has 2 atom stereocenters. The van der Waals surface area contributed by atoms with E-state index in [0.29, 0.717) is 25.2 Å². The van der Waals surface area contributed by atoms with E-state index >= 15 is 0 Å². The molecule has 0 bridgehead atoms. The monoisotopic (exact) mass is 535 g/mol. The molecule has 2 aromatic rings. The summed E-state index contributed by atoms with van der Waals surface area (Å²) < 4.78 is 64.3. The van der Waals surface area contributed by atoms with Gasteiger partial charge in [-0.05, 0) is 55.9 Å². The van der Waals surface area contributed by atoms with Gasteiger partial charge in [0.25, 0.3) is 0 Å². The summed E-state index contributed by atoms with van der Waals surface area (Å²) in [6.45, 7) is 4.71. The number of alkyl halides is 3. The molecule has 1 aliphatic heterocycles. The van der Waals surface area contributed by atoms with Crippen molar-refractivity contribution in [2.75, 3.05) is 26.4 Å². The number of carbonyl (C=O) groups is 1. The molecule has 0 aliphatic carbocycles. The SMILES string of the molecule is CCOCC(C=Cc1ccc(OCc2ccccc2)c(C(F)(F)F)c1)(CCOC1CCCCO1)NC(C)=O. The van der Waals surface area contributed by atoms with Crippen LogP contribution in [0.5, 0.6) is 5.75 Å². The highest BCUT2D eigenvalue weighted by Gasteiger charge is 2.35. The number of hydrogen-bond donors (Lipinski definition) is 1. The lowest BCUT2D eigenvalue weighted by molar-refractivity contribution is -0.165. The summed E-state index contributed by atoms with van der Waals surface area (Å²) in [6.07, 6.45) is 1.50. The molecule has 1 amide bonds. The molecule has 1 saturated heterocycles. The summed E-state index contributed by atoms with van der Waals surface area (Å²) in [5, 5.41) is 2.91. The Balaban J connectivity index is 1.81. The summed E-state index contributed by atoms with van der Waals surface area (Å²) in [7, 11) is 0. The minimum absolute atomic E-state index is 0.0177. The molecule has 0 radical (unpaired) electrons. The van der Waals surface area contributed by atoms with Gasteiger partial charge in [0.05, 0.1) is 24.3 Å². The van der Waals surface area contributed by atoms with Crippen molar-refractivity contribution in [2.45, 2.75) is 64.1 Å². The van der Waals surface area contributed by atoms with Crippen molar-refractivity contribution in [3.8, 4) is 5.75 Å². The van der Waals surface area contributed by atoms with Crippen molar-refractivity contribution < 1.29 is 36.9 Å². The highest BCUT2D eigenvalue weighted by molar-refractivity contribution is 5.74. The van der Waals surface area contributed by atoms with Gasteiger partial charge in [-0.3, -0.25) is 4.79 Å². The van der Waals surface area contributed by atoms with E-state index in [1.54, 1.807) is 42.5 Å². The average Bonchev–Trinajstić information content (AvgIpc) is 2.90. The van der Waals surface area contributed by atoms with Gasteiger partial charge in [-0.1, -0.05) is 48.6 Å². The number of nitrogens with one attached hydrogen (secondary N) is 1. The molecular formula is C29H36F3NO5. The van der Waals surface area contributed by atoms with Gasteiger partial charge >= 0.3 is 6.18 Å². The number of carbonyl (C=O) groups excluding carboxylic acids is 1. The van der Waals surface area contributed by atoms with E-state index in [9.17, 15) is 18.0 Å². The summed E-state index contributed by atoms with van der Waals surface area (Å²) in [5.41, 5.74) is -0.769. The lowest BCUT2D eigenvalue weighted by Gasteiger charge is -2.32. The van der Waals surface area contributed by atoms with E-state index in [1.807, 2.05) is 13.0 Å². The van der Waals surface area contributed by atoms with Gasteiger partial charge in [0.15, 0.2) is 6.29 Å². The largest absolute Gasteiger partial charge is 0.488 e. The molecule has 2 unspecified atom stereocenters. The molecule has 208 valence electrons. The van der Waals surface area contributed by atoms with Gasteiger partial charge in [-0.2, -0.15) is 13.2 Å². The van der Waals surface area contributed by atoms with Gasteiger partial charge in [0.2, 0.25) is 5.91 Å². The molecule has 1 heterocycles. The molecule has 6 nitrogen and oxygen atoms in total. The first kappa shape index (κ1) is 29.7. The van der Waals surface area contributed by atoms with Crippen molar-refractivity contribution in [2.24, 2.45) is 0 Å². The van der Waals surface area contributed by atoms with Crippen molar-refractivity contribution in [3.63, 3.8) is 0 Å². The second kappa shape index (κ2) is 14.3. The molecular weight excluding hydrogens is 499 g/mol. The third kappa shape index (κ3) is 9.45. The van der Waals surface area contributed by atoms with Gasteiger partial charge in [-0.25, -0.2) is 0 Å². The lowest BCUT2D eigenvalue weighted by Crippen LogP contribution is -2.50. The van der Waals surface area contributed by atoms with Crippen molar-refractivity contribution >= 4 is 12.0 Å². The van der Waals surface area contributed by atoms with Crippen LogP contribution in [-0.4, -0.2) is 44.2 Å². The molecule has 0 aromatic heterocycles. The number of amides is 1.